The van der Waals surface area contributed by atoms with Gasteiger partial charge in [-0.25, -0.2) is 0 Å². The molecule has 3 rings (SSSR count). The molecule has 1 aliphatic carbocycles. The molecular weight excluding hydrogens is 270 g/mol. The summed E-state index contributed by atoms with van der Waals surface area (Å²) in [6, 6.07) is 0. The van der Waals surface area contributed by atoms with Gasteiger partial charge in [-0.05, 0) is 37.5 Å². The molecule has 20 heavy (non-hydrogen) atoms. The minimum Gasteiger partial charge on any atom is -0.397 e. The Hall–Kier alpha value is -1.23. The molecule has 1 amide bonds. The van der Waals surface area contributed by atoms with Crippen LogP contribution in [-0.4, -0.2) is 19.0 Å². The van der Waals surface area contributed by atoms with E-state index < -0.39 is 0 Å². The molecule has 2 heterocycles. The zero-order valence-electron chi connectivity index (χ0n) is 12.0. The van der Waals surface area contributed by atoms with Crippen molar-refractivity contribution in [3.63, 3.8) is 0 Å². The molecule has 110 valence electrons. The van der Waals surface area contributed by atoms with E-state index >= 15 is 0 Å². The predicted molar refractivity (Wildman–Crippen MR) is 84.5 cm³/mol. The number of rotatable bonds is 4. The second kappa shape index (κ2) is 5.28. The number of carbonyl (C=O) groups is 1. The van der Waals surface area contributed by atoms with Gasteiger partial charge in [-0.15, -0.1) is 11.3 Å². The zero-order chi connectivity index (χ0) is 14.3. The number of piperidine rings is 1. The van der Waals surface area contributed by atoms with Crippen LogP contribution in [0.2, 0.25) is 0 Å². The van der Waals surface area contributed by atoms with E-state index in [0.717, 1.165) is 19.0 Å². The summed E-state index contributed by atoms with van der Waals surface area (Å²) in [6.45, 7) is 4.43. The number of primary amides is 1. The fourth-order valence-electron chi connectivity index (χ4n) is 3.21. The van der Waals surface area contributed by atoms with Crippen molar-refractivity contribution in [1.29, 1.82) is 0 Å². The molecule has 1 aromatic heterocycles. The number of anilines is 2. The molecule has 1 saturated carbocycles. The monoisotopic (exact) mass is 293 g/mol. The Kier molecular flexibility index (Phi) is 3.63. The molecule has 4 N–H and O–H groups in total. The smallest absolute Gasteiger partial charge is 0.260 e. The molecule has 4 nitrogen and oxygen atoms in total. The van der Waals surface area contributed by atoms with Crippen molar-refractivity contribution in [2.24, 2.45) is 11.7 Å². The van der Waals surface area contributed by atoms with E-state index in [1.165, 1.54) is 54.0 Å². The van der Waals surface area contributed by atoms with Crippen LogP contribution in [0.5, 0.6) is 0 Å². The summed E-state index contributed by atoms with van der Waals surface area (Å²) in [5.41, 5.74) is 13.5. The molecular formula is C15H23N3OS. The van der Waals surface area contributed by atoms with Gasteiger partial charge < -0.3 is 16.4 Å². The van der Waals surface area contributed by atoms with Gasteiger partial charge in [0.2, 0.25) is 0 Å². The molecule has 0 aromatic carbocycles. The lowest BCUT2D eigenvalue weighted by molar-refractivity contribution is 0.100. The van der Waals surface area contributed by atoms with Crippen molar-refractivity contribution in [1.82, 2.24) is 0 Å². The van der Waals surface area contributed by atoms with Crippen LogP contribution < -0.4 is 16.4 Å². The minimum atomic E-state index is -0.385. The van der Waals surface area contributed by atoms with E-state index in [9.17, 15) is 4.79 Å². The predicted octanol–water partition coefficient (Wildman–Crippen LogP) is 2.93. The van der Waals surface area contributed by atoms with E-state index in [-0.39, 0.29) is 5.91 Å². The summed E-state index contributed by atoms with van der Waals surface area (Å²) in [6.07, 6.45) is 6.15. The Morgan fingerprint density at radius 2 is 2.15 bits per heavy atom. The molecule has 1 aliphatic heterocycles. The van der Waals surface area contributed by atoms with Crippen LogP contribution in [0.1, 0.15) is 60.2 Å². The fraction of sp³-hybridized carbons (Fsp3) is 0.667. The second-order valence-corrected chi connectivity index (χ2v) is 7.06. The van der Waals surface area contributed by atoms with Crippen LogP contribution in [0.15, 0.2) is 0 Å². The van der Waals surface area contributed by atoms with Crippen LogP contribution in [0.25, 0.3) is 0 Å². The molecule has 1 atom stereocenters. The number of nitrogens with zero attached hydrogens (tertiary/aromatic N) is 1. The molecule has 2 fully saturated rings. The summed E-state index contributed by atoms with van der Waals surface area (Å²) in [4.78, 5) is 14.6. The van der Waals surface area contributed by atoms with Gasteiger partial charge in [0.1, 0.15) is 4.88 Å². The molecule has 0 radical (unpaired) electrons. The van der Waals surface area contributed by atoms with E-state index in [4.69, 9.17) is 11.5 Å². The zero-order valence-corrected chi connectivity index (χ0v) is 12.8. The SMILES string of the molecule is CCC1CCCN(c2sc(C(N)=O)c(N)c2C2CC2)C1. The maximum absolute atomic E-state index is 11.6. The topological polar surface area (TPSA) is 72.3 Å². The standard InChI is InChI=1S/C15H23N3OS/c1-2-9-4-3-7-18(8-9)15-11(10-5-6-10)12(16)13(20-15)14(17)19/h9-10H,2-8,16H2,1H3,(H2,17,19). The Balaban J connectivity index is 1.95. The summed E-state index contributed by atoms with van der Waals surface area (Å²) >= 11 is 1.51. The number of nitrogen functional groups attached to an aromatic ring is 1. The minimum absolute atomic E-state index is 0.385. The molecule has 2 aliphatic rings. The maximum atomic E-state index is 11.6. The van der Waals surface area contributed by atoms with Crippen LogP contribution in [-0.2, 0) is 0 Å². The van der Waals surface area contributed by atoms with Crippen LogP contribution >= 0.6 is 11.3 Å². The maximum Gasteiger partial charge on any atom is 0.260 e. The Morgan fingerprint density at radius 1 is 1.40 bits per heavy atom. The van der Waals surface area contributed by atoms with Crippen molar-refractivity contribution >= 4 is 27.9 Å². The third kappa shape index (κ3) is 2.39. The van der Waals surface area contributed by atoms with Gasteiger partial charge in [-0.2, -0.15) is 0 Å². The second-order valence-electron chi connectivity index (χ2n) is 6.06. The van der Waals surface area contributed by atoms with Crippen LogP contribution in [0.4, 0.5) is 10.7 Å². The van der Waals surface area contributed by atoms with E-state index in [0.29, 0.717) is 16.5 Å². The number of thiophene rings is 1. The highest BCUT2D eigenvalue weighted by Crippen LogP contribution is 2.52. The van der Waals surface area contributed by atoms with Gasteiger partial charge >= 0.3 is 0 Å². The number of hydrogen-bond donors (Lipinski definition) is 2. The summed E-state index contributed by atoms with van der Waals surface area (Å²) in [7, 11) is 0. The summed E-state index contributed by atoms with van der Waals surface area (Å²) < 4.78 is 0. The first-order valence-electron chi connectivity index (χ1n) is 7.58. The number of amides is 1. The van der Waals surface area contributed by atoms with E-state index in [2.05, 4.69) is 11.8 Å². The first-order valence-corrected chi connectivity index (χ1v) is 8.40. The average Bonchev–Trinajstić information content (AvgIpc) is 3.22. The number of carbonyl (C=O) groups excluding carboxylic acids is 1. The van der Waals surface area contributed by atoms with Gasteiger partial charge in [0.15, 0.2) is 0 Å². The number of nitrogens with two attached hydrogens (primary N) is 2. The highest BCUT2D eigenvalue weighted by molar-refractivity contribution is 7.18. The van der Waals surface area contributed by atoms with Gasteiger partial charge in [0.25, 0.3) is 5.91 Å². The summed E-state index contributed by atoms with van der Waals surface area (Å²) in [5.74, 6) is 0.928. The molecule has 0 bridgehead atoms. The quantitative estimate of drug-likeness (QED) is 0.896. The Bertz CT molecular complexity index is 521. The molecule has 0 spiro atoms. The normalized spacial score (nSPS) is 23.1. The molecule has 1 saturated heterocycles. The Morgan fingerprint density at radius 3 is 2.75 bits per heavy atom. The lowest BCUT2D eigenvalue weighted by Gasteiger charge is -2.33. The summed E-state index contributed by atoms with van der Waals surface area (Å²) in [5, 5.41) is 1.22. The molecule has 1 aromatic rings. The lowest BCUT2D eigenvalue weighted by Crippen LogP contribution is -2.35. The van der Waals surface area contributed by atoms with Crippen molar-refractivity contribution in [2.75, 3.05) is 23.7 Å². The highest BCUT2D eigenvalue weighted by Gasteiger charge is 2.35. The van der Waals surface area contributed by atoms with Gasteiger partial charge in [-0.3, -0.25) is 4.79 Å². The van der Waals surface area contributed by atoms with Crippen molar-refractivity contribution in [3.05, 3.63) is 10.4 Å². The van der Waals surface area contributed by atoms with Gasteiger partial charge in [0, 0.05) is 18.7 Å². The first kappa shape index (κ1) is 13.7. The highest BCUT2D eigenvalue weighted by atomic mass is 32.1. The van der Waals surface area contributed by atoms with Crippen molar-refractivity contribution in [2.45, 2.75) is 44.9 Å². The third-order valence-corrected chi connectivity index (χ3v) is 5.85. The first-order chi connectivity index (χ1) is 9.61. The van der Waals surface area contributed by atoms with Gasteiger partial charge in [-0.1, -0.05) is 13.3 Å². The third-order valence-electron chi connectivity index (χ3n) is 4.56. The van der Waals surface area contributed by atoms with Crippen molar-refractivity contribution in [3.8, 4) is 0 Å². The number of hydrogen-bond acceptors (Lipinski definition) is 4. The van der Waals surface area contributed by atoms with Crippen molar-refractivity contribution < 1.29 is 4.79 Å². The average molecular weight is 293 g/mol. The largest absolute Gasteiger partial charge is 0.397 e. The lowest BCUT2D eigenvalue weighted by atomic mass is 9.95. The molecule has 1 unspecified atom stereocenters. The van der Waals surface area contributed by atoms with Crippen LogP contribution in [0, 0.1) is 5.92 Å². The van der Waals surface area contributed by atoms with Crippen LogP contribution in [0.3, 0.4) is 0 Å². The van der Waals surface area contributed by atoms with Gasteiger partial charge in [0.05, 0.1) is 10.7 Å². The Labute approximate surface area is 124 Å². The van der Waals surface area contributed by atoms with E-state index in [1.54, 1.807) is 0 Å². The van der Waals surface area contributed by atoms with E-state index in [1.807, 2.05) is 0 Å². The fourth-order valence-corrected chi connectivity index (χ4v) is 4.41. The molecule has 5 heteroatoms.